The van der Waals surface area contributed by atoms with E-state index in [0.717, 1.165) is 29.8 Å². The van der Waals surface area contributed by atoms with Crippen molar-refractivity contribution in [2.45, 2.75) is 53.1 Å². The molecule has 3 aromatic rings. The number of hydrogen-bond donors (Lipinski definition) is 2. The summed E-state index contributed by atoms with van der Waals surface area (Å²) in [7, 11) is 3.00. The van der Waals surface area contributed by atoms with E-state index in [-0.39, 0.29) is 11.9 Å². The summed E-state index contributed by atoms with van der Waals surface area (Å²) in [5, 5.41) is 7.00. The van der Waals surface area contributed by atoms with Crippen LogP contribution in [0.5, 0.6) is 5.75 Å². The summed E-state index contributed by atoms with van der Waals surface area (Å²) in [4.78, 5) is 29.4. The Morgan fingerprint density at radius 2 is 1.91 bits per heavy atom. The number of nitrogens with zero attached hydrogens (tertiary/aromatic N) is 2. The van der Waals surface area contributed by atoms with E-state index in [0.29, 0.717) is 34.9 Å². The fourth-order valence-corrected chi connectivity index (χ4v) is 4.01. The van der Waals surface area contributed by atoms with Crippen LogP contribution in [-0.2, 0) is 22.5 Å². The fraction of sp³-hybridized carbons (Fsp3) is 0.423. The highest BCUT2D eigenvalue weighted by Crippen LogP contribution is 2.33. The van der Waals surface area contributed by atoms with Crippen molar-refractivity contribution >= 4 is 34.3 Å². The predicted octanol–water partition coefficient (Wildman–Crippen LogP) is 4.88. The van der Waals surface area contributed by atoms with Crippen LogP contribution in [0.1, 0.15) is 50.2 Å². The molecule has 0 fully saturated rings. The number of carbonyl (C=O) groups excluding carboxylic acids is 2. The molecule has 1 aromatic carbocycles. The summed E-state index contributed by atoms with van der Waals surface area (Å²) in [6, 6.07) is 10.0. The molecule has 0 radical (unpaired) electrons. The molecule has 34 heavy (non-hydrogen) atoms. The topological polar surface area (TPSA) is 94.5 Å². The van der Waals surface area contributed by atoms with Crippen molar-refractivity contribution in [3.63, 3.8) is 0 Å². The van der Waals surface area contributed by atoms with Gasteiger partial charge in [0.25, 0.3) is 0 Å². The third kappa shape index (κ3) is 5.87. The summed E-state index contributed by atoms with van der Waals surface area (Å²) in [6.45, 7) is 8.34. The van der Waals surface area contributed by atoms with Crippen LogP contribution < -0.4 is 15.4 Å². The molecule has 0 spiro atoms. The van der Waals surface area contributed by atoms with Crippen molar-refractivity contribution in [3.8, 4) is 5.75 Å². The number of aromatic nitrogens is 2. The lowest BCUT2D eigenvalue weighted by Crippen LogP contribution is -2.18. The average Bonchev–Trinajstić information content (AvgIpc) is 3.09. The van der Waals surface area contributed by atoms with E-state index < -0.39 is 5.97 Å². The number of hydrogen-bond acceptors (Lipinski definition) is 6. The van der Waals surface area contributed by atoms with E-state index in [1.54, 1.807) is 13.3 Å². The highest BCUT2D eigenvalue weighted by atomic mass is 16.5. The zero-order valence-electron chi connectivity index (χ0n) is 20.8. The van der Waals surface area contributed by atoms with Crippen molar-refractivity contribution in [1.82, 2.24) is 9.55 Å². The lowest BCUT2D eigenvalue weighted by atomic mass is 10.1. The van der Waals surface area contributed by atoms with Crippen LogP contribution >= 0.6 is 0 Å². The molecule has 0 aliphatic rings. The Kier molecular flexibility index (Phi) is 8.15. The van der Waals surface area contributed by atoms with Gasteiger partial charge in [0, 0.05) is 24.9 Å². The number of aryl methyl sites for hydroxylation is 1. The smallest absolute Gasteiger partial charge is 0.356 e. The normalized spacial score (nSPS) is 12.0. The lowest BCUT2D eigenvalue weighted by Gasteiger charge is -2.16. The van der Waals surface area contributed by atoms with E-state index in [9.17, 15) is 9.59 Å². The van der Waals surface area contributed by atoms with Gasteiger partial charge < -0.3 is 24.7 Å². The van der Waals surface area contributed by atoms with Gasteiger partial charge in [-0.1, -0.05) is 26.0 Å². The van der Waals surface area contributed by atoms with Crippen LogP contribution in [-0.4, -0.2) is 41.7 Å². The number of esters is 1. The zero-order valence-corrected chi connectivity index (χ0v) is 20.8. The molecule has 0 aliphatic carbocycles. The predicted molar refractivity (Wildman–Crippen MR) is 135 cm³/mol. The standard InChI is InChI=1S/C26H34N4O4/c1-16(2)10-11-30-24(26(32)34-6)23(29-18(4)31)22-14-20(15-27-25(22)30)28-17(3)12-19-8-7-9-21(13-19)33-5/h7-9,13-17,28H,10-12H2,1-6H3,(H,29,31)/t17-/m1/s1. The highest BCUT2D eigenvalue weighted by molar-refractivity contribution is 6.10. The maximum Gasteiger partial charge on any atom is 0.356 e. The summed E-state index contributed by atoms with van der Waals surface area (Å²) >= 11 is 0. The second kappa shape index (κ2) is 11.0. The van der Waals surface area contributed by atoms with Crippen LogP contribution in [0.3, 0.4) is 0 Å². The van der Waals surface area contributed by atoms with E-state index in [4.69, 9.17) is 9.47 Å². The van der Waals surface area contributed by atoms with Crippen LogP contribution in [0, 0.1) is 5.92 Å². The molecule has 0 saturated carbocycles. The first kappa shape index (κ1) is 25.1. The number of amides is 1. The van der Waals surface area contributed by atoms with E-state index in [2.05, 4.69) is 42.5 Å². The Morgan fingerprint density at radius 1 is 1.15 bits per heavy atom. The summed E-state index contributed by atoms with van der Waals surface area (Å²) < 4.78 is 12.2. The van der Waals surface area contributed by atoms with Crippen molar-refractivity contribution in [1.29, 1.82) is 0 Å². The Bertz CT molecular complexity index is 1170. The SMILES string of the molecule is COC(=O)c1c(NC(C)=O)c2cc(N[C@H](C)Cc3cccc(OC)c3)cnc2n1CCC(C)C. The van der Waals surface area contributed by atoms with Crippen LogP contribution in [0.2, 0.25) is 0 Å². The summed E-state index contributed by atoms with van der Waals surface area (Å²) in [5.41, 5.74) is 3.32. The van der Waals surface area contributed by atoms with Gasteiger partial charge in [0.05, 0.1) is 31.8 Å². The molecule has 2 N–H and O–H groups in total. The monoisotopic (exact) mass is 466 g/mol. The first-order chi connectivity index (χ1) is 16.2. The number of fused-ring (bicyclic) bond motifs is 1. The summed E-state index contributed by atoms with van der Waals surface area (Å²) in [5.74, 6) is 0.487. The molecule has 2 aromatic heterocycles. The van der Waals surface area contributed by atoms with Crippen LogP contribution in [0.25, 0.3) is 11.0 Å². The number of methoxy groups -OCH3 is 2. The maximum absolute atomic E-state index is 12.7. The number of rotatable bonds is 10. The number of ether oxygens (including phenoxy) is 2. The quantitative estimate of drug-likeness (QED) is 0.414. The number of anilines is 2. The molecule has 2 heterocycles. The van der Waals surface area contributed by atoms with Crippen LogP contribution in [0.15, 0.2) is 36.5 Å². The number of benzene rings is 1. The number of nitrogens with one attached hydrogen (secondary N) is 2. The molecule has 3 rings (SSSR count). The van der Waals surface area contributed by atoms with Crippen molar-refractivity contribution < 1.29 is 19.1 Å². The molecular weight excluding hydrogens is 432 g/mol. The molecule has 182 valence electrons. The average molecular weight is 467 g/mol. The van der Waals surface area contributed by atoms with Gasteiger partial charge in [-0.15, -0.1) is 0 Å². The molecule has 0 saturated heterocycles. The highest BCUT2D eigenvalue weighted by Gasteiger charge is 2.25. The van der Waals surface area contributed by atoms with Gasteiger partial charge in [0.1, 0.15) is 11.4 Å². The third-order valence-corrected chi connectivity index (χ3v) is 5.60. The second-order valence-electron chi connectivity index (χ2n) is 8.93. The Hall–Kier alpha value is -3.55. The largest absolute Gasteiger partial charge is 0.497 e. The minimum Gasteiger partial charge on any atom is -0.497 e. The van der Waals surface area contributed by atoms with Gasteiger partial charge in [0.2, 0.25) is 5.91 Å². The molecular formula is C26H34N4O4. The zero-order chi connectivity index (χ0) is 24.8. The molecule has 1 amide bonds. The van der Waals surface area contributed by atoms with Crippen molar-refractivity contribution in [3.05, 3.63) is 47.8 Å². The lowest BCUT2D eigenvalue weighted by molar-refractivity contribution is -0.114. The van der Waals surface area contributed by atoms with Gasteiger partial charge in [0.15, 0.2) is 5.69 Å². The van der Waals surface area contributed by atoms with Crippen molar-refractivity contribution in [2.75, 3.05) is 24.9 Å². The molecule has 0 unspecified atom stereocenters. The van der Waals surface area contributed by atoms with E-state index in [1.807, 2.05) is 28.8 Å². The fourth-order valence-electron chi connectivity index (χ4n) is 4.01. The molecule has 8 heteroatoms. The molecule has 1 atom stereocenters. The van der Waals surface area contributed by atoms with E-state index in [1.165, 1.54) is 14.0 Å². The van der Waals surface area contributed by atoms with Crippen LogP contribution in [0.4, 0.5) is 11.4 Å². The van der Waals surface area contributed by atoms with E-state index >= 15 is 0 Å². The van der Waals surface area contributed by atoms with Gasteiger partial charge in [-0.3, -0.25) is 4.79 Å². The van der Waals surface area contributed by atoms with Gasteiger partial charge in [-0.25, -0.2) is 9.78 Å². The van der Waals surface area contributed by atoms with Crippen molar-refractivity contribution in [2.24, 2.45) is 5.92 Å². The number of pyridine rings is 1. The Balaban J connectivity index is 1.98. The minimum absolute atomic E-state index is 0.110. The first-order valence-electron chi connectivity index (χ1n) is 11.5. The number of carbonyl (C=O) groups is 2. The Morgan fingerprint density at radius 3 is 2.56 bits per heavy atom. The third-order valence-electron chi connectivity index (χ3n) is 5.60. The molecule has 0 bridgehead atoms. The first-order valence-corrected chi connectivity index (χ1v) is 11.5. The second-order valence-corrected chi connectivity index (χ2v) is 8.93. The van der Waals surface area contributed by atoms with Gasteiger partial charge in [-0.2, -0.15) is 0 Å². The molecule has 8 nitrogen and oxygen atoms in total. The van der Waals surface area contributed by atoms with Gasteiger partial charge in [-0.05, 0) is 49.4 Å². The maximum atomic E-state index is 12.7. The summed E-state index contributed by atoms with van der Waals surface area (Å²) in [6.07, 6.45) is 3.40. The van der Waals surface area contributed by atoms with Gasteiger partial charge >= 0.3 is 5.97 Å². The Labute approximate surface area is 200 Å². The molecule has 0 aliphatic heterocycles. The minimum atomic E-state index is -0.508.